The largest absolute Gasteiger partial charge is 0.455 e. The molecular formula is C19H19NO3S. The Morgan fingerprint density at radius 1 is 1.21 bits per heavy atom. The van der Waals surface area contributed by atoms with Crippen LogP contribution >= 0.6 is 11.3 Å². The van der Waals surface area contributed by atoms with Crippen LogP contribution in [0.3, 0.4) is 0 Å². The van der Waals surface area contributed by atoms with Crippen LogP contribution in [0.1, 0.15) is 42.4 Å². The molecule has 0 amide bonds. The summed E-state index contributed by atoms with van der Waals surface area (Å²) < 4.78 is 10.7. The third-order valence-corrected chi connectivity index (χ3v) is 4.48. The molecule has 0 aliphatic heterocycles. The third kappa shape index (κ3) is 3.74. The van der Waals surface area contributed by atoms with Crippen molar-refractivity contribution in [2.45, 2.75) is 32.8 Å². The van der Waals surface area contributed by atoms with Gasteiger partial charge < -0.3 is 9.15 Å². The summed E-state index contributed by atoms with van der Waals surface area (Å²) in [7, 11) is 0. The van der Waals surface area contributed by atoms with Gasteiger partial charge in [0.25, 0.3) is 0 Å². The molecule has 3 rings (SSSR count). The molecule has 0 N–H and O–H groups in total. The Labute approximate surface area is 145 Å². The number of nitrogens with zero attached hydrogens (tertiary/aromatic N) is 1. The van der Waals surface area contributed by atoms with Gasteiger partial charge in [-0.3, -0.25) is 0 Å². The Balaban J connectivity index is 1.61. The van der Waals surface area contributed by atoms with Crippen LogP contribution in [-0.4, -0.2) is 11.0 Å². The molecule has 3 aromatic rings. The van der Waals surface area contributed by atoms with Crippen molar-refractivity contribution >= 4 is 17.3 Å². The molecule has 0 radical (unpaired) electrons. The maximum Gasteiger partial charge on any atom is 0.338 e. The lowest BCUT2D eigenvalue weighted by Crippen LogP contribution is -2.12. The fourth-order valence-corrected chi connectivity index (χ4v) is 2.87. The standard InChI is InChI=1S/C19H19NO3S/c1-19(2,3)14-8-6-13(7-9-14)18(21)23-12-15-11-22-17(20-15)16-5-4-10-24-16/h4-11H,12H2,1-3H3. The summed E-state index contributed by atoms with van der Waals surface area (Å²) in [6, 6.07) is 11.4. The van der Waals surface area contributed by atoms with Crippen molar-refractivity contribution in [1.82, 2.24) is 4.98 Å². The molecule has 0 aliphatic rings. The molecule has 1 aromatic carbocycles. The van der Waals surface area contributed by atoms with Gasteiger partial charge in [-0.05, 0) is 34.6 Å². The minimum absolute atomic E-state index is 0.0569. The lowest BCUT2D eigenvalue weighted by molar-refractivity contribution is 0.0467. The van der Waals surface area contributed by atoms with E-state index in [1.54, 1.807) is 23.5 Å². The monoisotopic (exact) mass is 341 g/mol. The van der Waals surface area contributed by atoms with Crippen molar-refractivity contribution in [3.63, 3.8) is 0 Å². The van der Waals surface area contributed by atoms with Crippen LogP contribution in [0.25, 0.3) is 10.8 Å². The molecule has 0 aliphatic carbocycles. The zero-order valence-electron chi connectivity index (χ0n) is 13.9. The van der Waals surface area contributed by atoms with Crippen molar-refractivity contribution in [2.75, 3.05) is 0 Å². The van der Waals surface area contributed by atoms with E-state index in [9.17, 15) is 4.79 Å². The first-order valence-electron chi connectivity index (χ1n) is 7.69. The molecule has 2 heterocycles. The van der Waals surface area contributed by atoms with Crippen LogP contribution in [0, 0.1) is 0 Å². The highest BCUT2D eigenvalue weighted by atomic mass is 32.1. The average molecular weight is 341 g/mol. The number of ether oxygens (including phenoxy) is 1. The summed E-state index contributed by atoms with van der Waals surface area (Å²) in [6.07, 6.45) is 1.52. The van der Waals surface area contributed by atoms with Crippen LogP contribution < -0.4 is 0 Å². The highest BCUT2D eigenvalue weighted by Gasteiger charge is 2.15. The zero-order valence-corrected chi connectivity index (χ0v) is 14.7. The number of thiophene rings is 1. The van der Waals surface area contributed by atoms with E-state index in [0.717, 1.165) is 4.88 Å². The Morgan fingerprint density at radius 3 is 2.58 bits per heavy atom. The van der Waals surface area contributed by atoms with Crippen LogP contribution in [0.2, 0.25) is 0 Å². The molecule has 2 aromatic heterocycles. The number of hydrogen-bond acceptors (Lipinski definition) is 5. The molecule has 5 heteroatoms. The molecule has 0 atom stereocenters. The van der Waals surface area contributed by atoms with Gasteiger partial charge in [0.05, 0.1) is 10.4 Å². The van der Waals surface area contributed by atoms with Gasteiger partial charge in [0.1, 0.15) is 18.6 Å². The predicted molar refractivity (Wildman–Crippen MR) is 94.1 cm³/mol. The lowest BCUT2D eigenvalue weighted by Gasteiger charge is -2.18. The van der Waals surface area contributed by atoms with Crippen molar-refractivity contribution in [3.05, 3.63) is 64.9 Å². The van der Waals surface area contributed by atoms with Crippen LogP contribution in [0.15, 0.2) is 52.5 Å². The molecular weight excluding hydrogens is 322 g/mol. The Bertz CT molecular complexity index is 811. The fraction of sp³-hybridized carbons (Fsp3) is 0.263. The topological polar surface area (TPSA) is 52.3 Å². The lowest BCUT2D eigenvalue weighted by atomic mass is 9.87. The zero-order chi connectivity index (χ0) is 17.2. The van der Waals surface area contributed by atoms with Gasteiger partial charge >= 0.3 is 5.97 Å². The number of oxazole rings is 1. The molecule has 0 saturated heterocycles. The number of carbonyl (C=O) groups is 1. The first-order valence-corrected chi connectivity index (χ1v) is 8.57. The normalized spacial score (nSPS) is 11.5. The first-order chi connectivity index (χ1) is 11.4. The summed E-state index contributed by atoms with van der Waals surface area (Å²) in [5.74, 6) is 0.182. The molecule has 0 saturated carbocycles. The Morgan fingerprint density at radius 2 is 1.96 bits per heavy atom. The Hall–Kier alpha value is -2.40. The van der Waals surface area contributed by atoms with E-state index in [2.05, 4.69) is 25.8 Å². The van der Waals surface area contributed by atoms with Gasteiger partial charge in [0.2, 0.25) is 5.89 Å². The number of aromatic nitrogens is 1. The van der Waals surface area contributed by atoms with Crippen LogP contribution in [0.4, 0.5) is 0 Å². The highest BCUT2D eigenvalue weighted by molar-refractivity contribution is 7.13. The molecule has 0 spiro atoms. The van der Waals surface area contributed by atoms with Gasteiger partial charge in [-0.25, -0.2) is 9.78 Å². The second kappa shape index (κ2) is 6.61. The average Bonchev–Trinajstić information content (AvgIpc) is 3.23. The van der Waals surface area contributed by atoms with E-state index >= 15 is 0 Å². The minimum Gasteiger partial charge on any atom is -0.455 e. The van der Waals surface area contributed by atoms with Crippen molar-refractivity contribution in [3.8, 4) is 10.8 Å². The van der Waals surface area contributed by atoms with Gasteiger partial charge in [-0.15, -0.1) is 11.3 Å². The second-order valence-electron chi connectivity index (χ2n) is 6.52. The number of carbonyl (C=O) groups excluding carboxylic acids is 1. The maximum atomic E-state index is 12.1. The van der Waals surface area contributed by atoms with Gasteiger partial charge in [-0.2, -0.15) is 0 Å². The molecule has 0 bridgehead atoms. The van der Waals surface area contributed by atoms with Crippen LogP contribution in [0.5, 0.6) is 0 Å². The van der Waals surface area contributed by atoms with E-state index in [1.807, 2.05) is 29.6 Å². The number of esters is 1. The maximum absolute atomic E-state index is 12.1. The number of rotatable bonds is 4. The molecule has 24 heavy (non-hydrogen) atoms. The van der Waals surface area contributed by atoms with Gasteiger partial charge in [0, 0.05) is 0 Å². The van der Waals surface area contributed by atoms with Gasteiger partial charge in [0.15, 0.2) is 0 Å². The number of benzene rings is 1. The van der Waals surface area contributed by atoms with Crippen LogP contribution in [-0.2, 0) is 16.8 Å². The van der Waals surface area contributed by atoms with E-state index in [0.29, 0.717) is 17.1 Å². The summed E-state index contributed by atoms with van der Waals surface area (Å²) >= 11 is 1.55. The summed E-state index contributed by atoms with van der Waals surface area (Å²) in [4.78, 5) is 17.4. The fourth-order valence-electron chi connectivity index (χ4n) is 2.22. The Kier molecular flexibility index (Phi) is 4.53. The third-order valence-electron chi connectivity index (χ3n) is 3.62. The summed E-state index contributed by atoms with van der Waals surface area (Å²) in [6.45, 7) is 6.50. The quantitative estimate of drug-likeness (QED) is 0.623. The van der Waals surface area contributed by atoms with Crippen molar-refractivity contribution in [1.29, 1.82) is 0 Å². The summed E-state index contributed by atoms with van der Waals surface area (Å²) in [5, 5.41) is 1.96. The van der Waals surface area contributed by atoms with E-state index in [4.69, 9.17) is 9.15 Å². The molecule has 0 fully saturated rings. The highest BCUT2D eigenvalue weighted by Crippen LogP contribution is 2.24. The number of hydrogen-bond donors (Lipinski definition) is 0. The van der Waals surface area contributed by atoms with E-state index < -0.39 is 0 Å². The summed E-state index contributed by atoms with van der Waals surface area (Å²) in [5.41, 5.74) is 2.36. The second-order valence-corrected chi connectivity index (χ2v) is 7.47. The molecule has 0 unspecified atom stereocenters. The SMILES string of the molecule is CC(C)(C)c1ccc(C(=O)OCc2coc(-c3cccs3)n2)cc1. The van der Waals surface area contributed by atoms with E-state index in [-0.39, 0.29) is 18.0 Å². The first kappa shape index (κ1) is 16.5. The van der Waals surface area contributed by atoms with Crippen molar-refractivity contribution < 1.29 is 13.9 Å². The minimum atomic E-state index is -0.365. The molecule has 124 valence electrons. The predicted octanol–water partition coefficient (Wildman–Crippen LogP) is 5.06. The van der Waals surface area contributed by atoms with Gasteiger partial charge in [-0.1, -0.05) is 39.0 Å². The molecule has 4 nitrogen and oxygen atoms in total. The van der Waals surface area contributed by atoms with Crippen molar-refractivity contribution in [2.24, 2.45) is 0 Å². The van der Waals surface area contributed by atoms with E-state index in [1.165, 1.54) is 11.8 Å². The smallest absolute Gasteiger partial charge is 0.338 e.